The van der Waals surface area contributed by atoms with Gasteiger partial charge in [-0.1, -0.05) is 24.3 Å². The molecule has 0 bridgehead atoms. The molecule has 0 heterocycles. The highest BCUT2D eigenvalue weighted by Gasteiger charge is 2.10. The maximum absolute atomic E-state index is 11.9. The summed E-state index contributed by atoms with van der Waals surface area (Å²) in [5.74, 6) is 0.604. The van der Waals surface area contributed by atoms with Crippen molar-refractivity contribution in [3.8, 4) is 11.5 Å². The quantitative estimate of drug-likeness (QED) is 0.750. The lowest BCUT2D eigenvalue weighted by Crippen LogP contribution is -2.30. The highest BCUT2D eigenvalue weighted by Crippen LogP contribution is 2.28. The molecule has 132 valence electrons. The number of Topliss-reactive ketones (excluding diaryl/α,β-unsaturated/α-hetero) is 1. The van der Waals surface area contributed by atoms with Gasteiger partial charge in [-0.25, -0.2) is 0 Å². The van der Waals surface area contributed by atoms with Crippen LogP contribution >= 0.6 is 0 Å². The SMILES string of the molecule is COc1cc(C(C)=O)ccc1OCC(=O)NCCc1ccccc1C. The van der Waals surface area contributed by atoms with E-state index in [1.165, 1.54) is 25.2 Å². The molecule has 0 spiro atoms. The number of hydrogen-bond donors (Lipinski definition) is 1. The second kappa shape index (κ2) is 8.87. The van der Waals surface area contributed by atoms with Gasteiger partial charge in [0.05, 0.1) is 7.11 Å². The number of ether oxygens (including phenoxy) is 2. The normalized spacial score (nSPS) is 10.2. The van der Waals surface area contributed by atoms with Gasteiger partial charge in [0.2, 0.25) is 0 Å². The van der Waals surface area contributed by atoms with Crippen LogP contribution in [0.1, 0.15) is 28.4 Å². The smallest absolute Gasteiger partial charge is 0.257 e. The van der Waals surface area contributed by atoms with Crippen molar-refractivity contribution in [3.63, 3.8) is 0 Å². The van der Waals surface area contributed by atoms with Crippen LogP contribution in [-0.2, 0) is 11.2 Å². The number of nitrogens with one attached hydrogen (secondary N) is 1. The Bertz CT molecular complexity index is 755. The minimum atomic E-state index is -0.203. The highest BCUT2D eigenvalue weighted by atomic mass is 16.5. The van der Waals surface area contributed by atoms with Gasteiger partial charge in [0.1, 0.15) is 0 Å². The summed E-state index contributed by atoms with van der Waals surface area (Å²) in [5, 5.41) is 2.84. The summed E-state index contributed by atoms with van der Waals surface area (Å²) < 4.78 is 10.7. The molecule has 25 heavy (non-hydrogen) atoms. The largest absolute Gasteiger partial charge is 0.493 e. The Kier molecular flexibility index (Phi) is 6.57. The predicted molar refractivity (Wildman–Crippen MR) is 96.4 cm³/mol. The fourth-order valence-electron chi connectivity index (χ4n) is 2.43. The average molecular weight is 341 g/mol. The third kappa shape index (κ3) is 5.35. The first-order valence-electron chi connectivity index (χ1n) is 8.14. The maximum atomic E-state index is 11.9. The van der Waals surface area contributed by atoms with Crippen molar-refractivity contribution in [3.05, 3.63) is 59.2 Å². The predicted octanol–water partition coefficient (Wildman–Crippen LogP) is 2.94. The molecule has 2 aromatic carbocycles. The Balaban J connectivity index is 1.83. The first-order chi connectivity index (χ1) is 12.0. The highest BCUT2D eigenvalue weighted by molar-refractivity contribution is 5.94. The van der Waals surface area contributed by atoms with Gasteiger partial charge in [0.15, 0.2) is 23.9 Å². The Labute approximate surface area is 148 Å². The van der Waals surface area contributed by atoms with Gasteiger partial charge in [-0.3, -0.25) is 9.59 Å². The van der Waals surface area contributed by atoms with Crippen LogP contribution in [0.15, 0.2) is 42.5 Å². The number of methoxy groups -OCH3 is 1. The van der Waals surface area contributed by atoms with E-state index in [9.17, 15) is 9.59 Å². The molecule has 0 saturated heterocycles. The van der Waals surface area contributed by atoms with E-state index in [0.29, 0.717) is 23.6 Å². The number of amides is 1. The summed E-state index contributed by atoms with van der Waals surface area (Å²) in [4.78, 5) is 23.3. The van der Waals surface area contributed by atoms with Crippen LogP contribution in [0, 0.1) is 6.92 Å². The van der Waals surface area contributed by atoms with E-state index in [2.05, 4.69) is 24.4 Å². The van der Waals surface area contributed by atoms with Gasteiger partial charge < -0.3 is 14.8 Å². The number of carbonyl (C=O) groups excluding carboxylic acids is 2. The van der Waals surface area contributed by atoms with Gasteiger partial charge in [0, 0.05) is 12.1 Å². The summed E-state index contributed by atoms with van der Waals surface area (Å²) in [5.41, 5.74) is 2.96. The summed E-state index contributed by atoms with van der Waals surface area (Å²) in [7, 11) is 1.49. The third-order valence-electron chi connectivity index (χ3n) is 3.91. The summed E-state index contributed by atoms with van der Waals surface area (Å²) in [6.45, 7) is 3.98. The zero-order chi connectivity index (χ0) is 18.2. The number of rotatable bonds is 8. The minimum absolute atomic E-state index is 0.0567. The van der Waals surface area contributed by atoms with Crippen LogP contribution in [0.25, 0.3) is 0 Å². The van der Waals surface area contributed by atoms with Crippen LogP contribution < -0.4 is 14.8 Å². The summed E-state index contributed by atoms with van der Waals surface area (Å²) in [6, 6.07) is 13.0. The molecule has 5 heteroatoms. The van der Waals surface area contributed by atoms with E-state index >= 15 is 0 Å². The second-order valence-electron chi connectivity index (χ2n) is 5.74. The van der Waals surface area contributed by atoms with Crippen LogP contribution in [0.3, 0.4) is 0 Å². The lowest BCUT2D eigenvalue weighted by atomic mass is 10.1. The molecular formula is C20H23NO4. The second-order valence-corrected chi connectivity index (χ2v) is 5.74. The van der Waals surface area contributed by atoms with Crippen LogP contribution in [-0.4, -0.2) is 32.0 Å². The first kappa shape index (κ1) is 18.5. The average Bonchev–Trinajstić information content (AvgIpc) is 2.61. The van der Waals surface area contributed by atoms with Crippen molar-refractivity contribution in [2.75, 3.05) is 20.3 Å². The van der Waals surface area contributed by atoms with Crippen LogP contribution in [0.5, 0.6) is 11.5 Å². The first-order valence-corrected chi connectivity index (χ1v) is 8.14. The number of ketones is 1. The van der Waals surface area contributed by atoms with Gasteiger partial charge in [-0.15, -0.1) is 0 Å². The molecule has 0 aliphatic heterocycles. The fourth-order valence-corrected chi connectivity index (χ4v) is 2.43. The maximum Gasteiger partial charge on any atom is 0.257 e. The van der Waals surface area contributed by atoms with Crippen LogP contribution in [0.4, 0.5) is 0 Å². The molecule has 0 radical (unpaired) electrons. The van der Waals surface area contributed by atoms with Crippen molar-refractivity contribution in [1.29, 1.82) is 0 Å². The molecule has 0 saturated carbocycles. The summed E-state index contributed by atoms with van der Waals surface area (Å²) >= 11 is 0. The molecule has 1 N–H and O–H groups in total. The zero-order valence-corrected chi connectivity index (χ0v) is 14.8. The number of hydrogen-bond acceptors (Lipinski definition) is 4. The molecule has 0 aliphatic carbocycles. The Hall–Kier alpha value is -2.82. The number of benzene rings is 2. The van der Waals surface area contributed by atoms with Crippen molar-refractivity contribution in [2.45, 2.75) is 20.3 Å². The van der Waals surface area contributed by atoms with Gasteiger partial charge in [-0.05, 0) is 49.6 Å². The van der Waals surface area contributed by atoms with E-state index < -0.39 is 0 Å². The Morgan fingerprint density at radius 1 is 1.08 bits per heavy atom. The topological polar surface area (TPSA) is 64.6 Å². The van der Waals surface area contributed by atoms with Crippen molar-refractivity contribution >= 4 is 11.7 Å². The Morgan fingerprint density at radius 3 is 2.52 bits per heavy atom. The van der Waals surface area contributed by atoms with Crippen molar-refractivity contribution in [1.82, 2.24) is 5.32 Å². The number of carbonyl (C=O) groups is 2. The monoisotopic (exact) mass is 341 g/mol. The van der Waals surface area contributed by atoms with Gasteiger partial charge in [0.25, 0.3) is 5.91 Å². The van der Waals surface area contributed by atoms with Crippen molar-refractivity contribution < 1.29 is 19.1 Å². The molecule has 1 amide bonds. The molecule has 0 aromatic heterocycles. The molecular weight excluding hydrogens is 318 g/mol. The number of aryl methyl sites for hydroxylation is 1. The van der Waals surface area contributed by atoms with Crippen LogP contribution in [0.2, 0.25) is 0 Å². The molecule has 0 atom stereocenters. The third-order valence-corrected chi connectivity index (χ3v) is 3.91. The van der Waals surface area contributed by atoms with Gasteiger partial charge in [-0.2, -0.15) is 0 Å². The lowest BCUT2D eigenvalue weighted by molar-refractivity contribution is -0.123. The molecule has 2 aromatic rings. The Morgan fingerprint density at radius 2 is 1.84 bits per heavy atom. The van der Waals surface area contributed by atoms with Crippen molar-refractivity contribution in [2.24, 2.45) is 0 Å². The van der Waals surface area contributed by atoms with Gasteiger partial charge >= 0.3 is 0 Å². The minimum Gasteiger partial charge on any atom is -0.493 e. The van der Waals surface area contributed by atoms with E-state index in [4.69, 9.17) is 9.47 Å². The zero-order valence-electron chi connectivity index (χ0n) is 14.8. The molecule has 0 fully saturated rings. The molecule has 0 unspecified atom stereocenters. The standard InChI is InChI=1S/C20H23NO4/c1-14-6-4-5-7-16(14)10-11-21-20(23)13-25-18-9-8-17(15(2)22)12-19(18)24-3/h4-9,12H,10-11,13H2,1-3H3,(H,21,23). The lowest BCUT2D eigenvalue weighted by Gasteiger charge is -2.12. The molecule has 5 nitrogen and oxygen atoms in total. The van der Waals surface area contributed by atoms with E-state index in [1.807, 2.05) is 12.1 Å². The van der Waals surface area contributed by atoms with E-state index in [-0.39, 0.29) is 18.3 Å². The van der Waals surface area contributed by atoms with E-state index in [1.54, 1.807) is 18.2 Å². The molecule has 0 aliphatic rings. The molecule has 2 rings (SSSR count). The fraction of sp³-hybridized carbons (Fsp3) is 0.300. The summed E-state index contributed by atoms with van der Waals surface area (Å²) in [6.07, 6.45) is 0.773. The van der Waals surface area contributed by atoms with E-state index in [0.717, 1.165) is 6.42 Å².